The number of phenolic OH excluding ortho intramolecular Hbond substituents is 1. The SMILES string of the molecule is CCOc1cccc([C@@H]2CC(c3ccc(Br)cc3)=N[C@@H](c3ccc(C(=O)OC)cc3)N2)c1O. The predicted molar refractivity (Wildman–Crippen MR) is 131 cm³/mol. The number of para-hydroxylation sites is 1. The minimum atomic E-state index is -0.382. The van der Waals surface area contributed by atoms with Gasteiger partial charge in [0.05, 0.1) is 19.3 Å². The Labute approximate surface area is 201 Å². The molecule has 33 heavy (non-hydrogen) atoms. The Hall–Kier alpha value is -3.16. The third kappa shape index (κ3) is 5.10. The van der Waals surface area contributed by atoms with Crippen molar-refractivity contribution in [2.75, 3.05) is 13.7 Å². The summed E-state index contributed by atoms with van der Waals surface area (Å²) < 4.78 is 11.4. The van der Waals surface area contributed by atoms with Gasteiger partial charge in [0.25, 0.3) is 0 Å². The summed E-state index contributed by atoms with van der Waals surface area (Å²) in [5, 5.41) is 14.4. The summed E-state index contributed by atoms with van der Waals surface area (Å²) in [5.74, 6) is 0.213. The predicted octanol–water partition coefficient (Wildman–Crippen LogP) is 5.56. The van der Waals surface area contributed by atoms with Crippen LogP contribution in [-0.2, 0) is 4.74 Å². The molecule has 0 saturated carbocycles. The number of aliphatic imine (C=N–C) groups is 1. The number of ether oxygens (including phenoxy) is 2. The first-order valence-corrected chi connectivity index (χ1v) is 11.5. The fourth-order valence-corrected chi connectivity index (χ4v) is 4.17. The fraction of sp³-hybridized carbons (Fsp3) is 0.231. The van der Waals surface area contributed by atoms with Gasteiger partial charge in [-0.15, -0.1) is 0 Å². The van der Waals surface area contributed by atoms with Gasteiger partial charge in [0.15, 0.2) is 11.5 Å². The van der Waals surface area contributed by atoms with E-state index in [1.165, 1.54) is 7.11 Å². The molecule has 3 aromatic carbocycles. The fourth-order valence-electron chi connectivity index (χ4n) is 3.91. The maximum absolute atomic E-state index is 11.8. The topological polar surface area (TPSA) is 80.2 Å². The molecule has 170 valence electrons. The van der Waals surface area contributed by atoms with Gasteiger partial charge in [-0.05, 0) is 48.4 Å². The van der Waals surface area contributed by atoms with E-state index in [4.69, 9.17) is 14.5 Å². The van der Waals surface area contributed by atoms with Crippen LogP contribution in [0.2, 0.25) is 0 Å². The molecular formula is C26H25BrN2O4. The Balaban J connectivity index is 1.72. The van der Waals surface area contributed by atoms with Crippen molar-refractivity contribution in [1.29, 1.82) is 0 Å². The second kappa shape index (κ2) is 10.2. The van der Waals surface area contributed by atoms with Crippen LogP contribution in [0, 0.1) is 0 Å². The molecule has 0 aromatic heterocycles. The van der Waals surface area contributed by atoms with Crippen LogP contribution in [0.15, 0.2) is 76.2 Å². The molecule has 0 saturated heterocycles. The third-order valence-electron chi connectivity index (χ3n) is 5.57. The molecule has 0 fully saturated rings. The summed E-state index contributed by atoms with van der Waals surface area (Å²) in [4.78, 5) is 16.8. The van der Waals surface area contributed by atoms with Crippen LogP contribution in [0.5, 0.6) is 11.5 Å². The number of nitrogens with one attached hydrogen (secondary N) is 1. The van der Waals surface area contributed by atoms with E-state index in [2.05, 4.69) is 21.2 Å². The molecular weight excluding hydrogens is 484 g/mol. The van der Waals surface area contributed by atoms with Crippen LogP contribution >= 0.6 is 15.9 Å². The minimum Gasteiger partial charge on any atom is -0.504 e. The number of phenols is 1. The molecule has 0 aliphatic carbocycles. The smallest absolute Gasteiger partial charge is 0.337 e. The van der Waals surface area contributed by atoms with Crippen LogP contribution in [0.1, 0.15) is 52.6 Å². The van der Waals surface area contributed by atoms with E-state index in [1.54, 1.807) is 18.2 Å². The van der Waals surface area contributed by atoms with Gasteiger partial charge in [0.2, 0.25) is 0 Å². The Bertz CT molecular complexity index is 1160. The number of halogens is 1. The van der Waals surface area contributed by atoms with Crippen LogP contribution in [0.3, 0.4) is 0 Å². The molecule has 1 aliphatic rings. The average molecular weight is 509 g/mol. The molecule has 0 spiro atoms. The van der Waals surface area contributed by atoms with Gasteiger partial charge < -0.3 is 14.6 Å². The highest BCUT2D eigenvalue weighted by molar-refractivity contribution is 9.10. The molecule has 6 nitrogen and oxygen atoms in total. The van der Waals surface area contributed by atoms with Crippen molar-refractivity contribution in [2.24, 2.45) is 4.99 Å². The number of hydrogen-bond acceptors (Lipinski definition) is 6. The maximum Gasteiger partial charge on any atom is 0.337 e. The minimum absolute atomic E-state index is 0.133. The number of carbonyl (C=O) groups excluding carboxylic acids is 1. The molecule has 0 unspecified atom stereocenters. The van der Waals surface area contributed by atoms with Gasteiger partial charge in [-0.3, -0.25) is 10.3 Å². The molecule has 7 heteroatoms. The number of esters is 1. The van der Waals surface area contributed by atoms with Crippen molar-refractivity contribution in [3.8, 4) is 11.5 Å². The van der Waals surface area contributed by atoms with Gasteiger partial charge in [-0.2, -0.15) is 0 Å². The Morgan fingerprint density at radius 3 is 2.52 bits per heavy atom. The van der Waals surface area contributed by atoms with Crippen molar-refractivity contribution in [2.45, 2.75) is 25.6 Å². The Morgan fingerprint density at radius 2 is 1.85 bits per heavy atom. The van der Waals surface area contributed by atoms with Crippen molar-refractivity contribution in [3.05, 3.63) is 93.5 Å². The van der Waals surface area contributed by atoms with Gasteiger partial charge in [0, 0.05) is 28.2 Å². The van der Waals surface area contributed by atoms with E-state index in [0.29, 0.717) is 24.3 Å². The maximum atomic E-state index is 11.8. The highest BCUT2D eigenvalue weighted by Gasteiger charge is 2.28. The second-order valence-corrected chi connectivity index (χ2v) is 8.56. The zero-order valence-electron chi connectivity index (χ0n) is 18.4. The summed E-state index contributed by atoms with van der Waals surface area (Å²) in [6.07, 6.45) is 0.242. The summed E-state index contributed by atoms with van der Waals surface area (Å²) >= 11 is 3.49. The molecule has 3 aromatic rings. The normalized spacial score (nSPS) is 17.8. The molecule has 2 N–H and O–H groups in total. The van der Waals surface area contributed by atoms with E-state index >= 15 is 0 Å². The molecule has 0 radical (unpaired) electrons. The van der Waals surface area contributed by atoms with E-state index in [-0.39, 0.29) is 23.9 Å². The van der Waals surface area contributed by atoms with Crippen LogP contribution in [-0.4, -0.2) is 30.5 Å². The first kappa shape index (κ1) is 23.0. The first-order valence-electron chi connectivity index (χ1n) is 10.7. The average Bonchev–Trinajstić information content (AvgIpc) is 2.85. The quantitative estimate of drug-likeness (QED) is 0.426. The summed E-state index contributed by atoms with van der Waals surface area (Å²) in [7, 11) is 1.36. The summed E-state index contributed by atoms with van der Waals surface area (Å²) in [6, 6.07) is 20.6. The molecule has 4 rings (SSSR count). The monoisotopic (exact) mass is 508 g/mol. The van der Waals surface area contributed by atoms with E-state index in [9.17, 15) is 9.90 Å². The van der Waals surface area contributed by atoms with Crippen molar-refractivity contribution in [3.63, 3.8) is 0 Å². The van der Waals surface area contributed by atoms with Gasteiger partial charge in [-0.1, -0.05) is 52.3 Å². The highest BCUT2D eigenvalue weighted by atomic mass is 79.9. The number of nitrogens with zero attached hydrogens (tertiary/aromatic N) is 1. The number of benzene rings is 3. The zero-order chi connectivity index (χ0) is 23.4. The van der Waals surface area contributed by atoms with Crippen LogP contribution < -0.4 is 10.1 Å². The van der Waals surface area contributed by atoms with Gasteiger partial charge in [0.1, 0.15) is 6.17 Å². The van der Waals surface area contributed by atoms with E-state index < -0.39 is 0 Å². The first-order chi connectivity index (χ1) is 16.0. The van der Waals surface area contributed by atoms with Crippen molar-refractivity contribution >= 4 is 27.6 Å². The lowest BCUT2D eigenvalue weighted by Gasteiger charge is -2.31. The van der Waals surface area contributed by atoms with Crippen molar-refractivity contribution in [1.82, 2.24) is 5.32 Å². The molecule has 0 amide bonds. The van der Waals surface area contributed by atoms with E-state index in [1.807, 2.05) is 55.5 Å². The summed E-state index contributed by atoms with van der Waals surface area (Å²) in [6.45, 7) is 2.35. The van der Waals surface area contributed by atoms with Crippen molar-refractivity contribution < 1.29 is 19.4 Å². The number of methoxy groups -OCH3 is 1. The van der Waals surface area contributed by atoms with Crippen LogP contribution in [0.25, 0.3) is 0 Å². The van der Waals surface area contributed by atoms with Crippen LogP contribution in [0.4, 0.5) is 0 Å². The summed E-state index contributed by atoms with van der Waals surface area (Å²) in [5.41, 5.74) is 4.08. The molecule has 1 heterocycles. The lowest BCUT2D eigenvalue weighted by atomic mass is 9.93. The lowest BCUT2D eigenvalue weighted by Crippen LogP contribution is -2.33. The number of hydrogen-bond donors (Lipinski definition) is 2. The number of carbonyl (C=O) groups is 1. The molecule has 1 aliphatic heterocycles. The Kier molecular flexibility index (Phi) is 7.11. The largest absolute Gasteiger partial charge is 0.504 e. The number of aromatic hydroxyl groups is 1. The second-order valence-electron chi connectivity index (χ2n) is 7.65. The highest BCUT2D eigenvalue weighted by Crippen LogP contribution is 2.39. The van der Waals surface area contributed by atoms with Gasteiger partial charge >= 0.3 is 5.97 Å². The molecule has 0 bridgehead atoms. The molecule has 2 atom stereocenters. The zero-order valence-corrected chi connectivity index (χ0v) is 20.0. The number of rotatable bonds is 6. The van der Waals surface area contributed by atoms with Gasteiger partial charge in [-0.25, -0.2) is 4.79 Å². The van der Waals surface area contributed by atoms with E-state index in [0.717, 1.165) is 26.9 Å². The third-order valence-corrected chi connectivity index (χ3v) is 6.10. The lowest BCUT2D eigenvalue weighted by molar-refractivity contribution is 0.0600. The standard InChI is InChI=1S/C26H25BrN2O4/c1-3-33-23-6-4-5-20(24(23)30)22-15-21(16-11-13-19(27)14-12-16)28-25(29-22)17-7-9-18(10-8-17)26(31)32-2/h4-14,22,25,29-30H,3,15H2,1-2H3/t22-,25+/m0/s1. The Morgan fingerprint density at radius 1 is 1.12 bits per heavy atom.